The van der Waals surface area contributed by atoms with Gasteiger partial charge in [0.05, 0.1) is 16.8 Å². The summed E-state index contributed by atoms with van der Waals surface area (Å²) in [5.41, 5.74) is 2.57. The van der Waals surface area contributed by atoms with Gasteiger partial charge in [0.1, 0.15) is 0 Å². The first-order valence-electron chi connectivity index (χ1n) is 9.19. The molecule has 0 saturated carbocycles. The monoisotopic (exact) mass is 402 g/mol. The van der Waals surface area contributed by atoms with Gasteiger partial charge in [0, 0.05) is 12.0 Å². The molecular weight excluding hydrogens is 384 g/mol. The molecule has 2 aromatic heterocycles. The lowest BCUT2D eigenvalue weighted by Crippen LogP contribution is -2.01. The van der Waals surface area contributed by atoms with Gasteiger partial charge in [0.15, 0.2) is 11.5 Å². The Labute approximate surface area is 171 Å². The van der Waals surface area contributed by atoms with E-state index >= 15 is 0 Å². The van der Waals surface area contributed by atoms with Crippen molar-refractivity contribution >= 4 is 22.9 Å². The molecule has 0 unspecified atom stereocenters. The highest BCUT2D eigenvalue weighted by Crippen LogP contribution is 2.23. The number of thiazole rings is 1. The maximum Gasteiger partial charge on any atom is 0.214 e. The summed E-state index contributed by atoms with van der Waals surface area (Å²) in [5.74, 6) is -0.153. The van der Waals surface area contributed by atoms with Gasteiger partial charge in [0.2, 0.25) is 10.9 Å². The number of carbonyl (C=O) groups excluding carboxylic acids is 2. The summed E-state index contributed by atoms with van der Waals surface area (Å²) >= 11 is 1.27. The van der Waals surface area contributed by atoms with Crippen LogP contribution in [0.4, 0.5) is 0 Å². The Morgan fingerprint density at radius 2 is 1.69 bits per heavy atom. The van der Waals surface area contributed by atoms with Crippen molar-refractivity contribution < 1.29 is 9.59 Å². The highest BCUT2D eigenvalue weighted by molar-refractivity contribution is 7.16. The molecule has 0 fully saturated rings. The summed E-state index contributed by atoms with van der Waals surface area (Å²) < 4.78 is 1.45. The highest BCUT2D eigenvalue weighted by atomic mass is 32.1. The zero-order valence-corrected chi connectivity index (χ0v) is 16.6. The average Bonchev–Trinajstić information content (AvgIpc) is 3.40. The van der Waals surface area contributed by atoms with Crippen molar-refractivity contribution in [1.29, 1.82) is 0 Å². The Balaban J connectivity index is 1.50. The maximum atomic E-state index is 12.7. The molecule has 0 aliphatic rings. The normalized spacial score (nSPS) is 10.8. The Morgan fingerprint density at radius 1 is 1.00 bits per heavy atom. The molecule has 0 saturated heterocycles. The van der Waals surface area contributed by atoms with E-state index in [0.29, 0.717) is 34.1 Å². The van der Waals surface area contributed by atoms with Gasteiger partial charge in [-0.1, -0.05) is 77.2 Å². The number of Topliss-reactive ketones (excluding diaryl/α,β-unsaturated/α-hetero) is 1. The molecule has 4 aromatic rings. The Morgan fingerprint density at radius 3 is 2.41 bits per heavy atom. The highest BCUT2D eigenvalue weighted by Gasteiger charge is 2.19. The van der Waals surface area contributed by atoms with Crippen LogP contribution in [0, 0.1) is 6.92 Å². The van der Waals surface area contributed by atoms with Crippen LogP contribution in [0.3, 0.4) is 0 Å². The SMILES string of the molecule is Cc1nc(-n2cc(C(=O)c3ccccc3)nn2)sc1C(=O)CCc1ccccc1. The second-order valence-corrected chi connectivity index (χ2v) is 7.54. The molecule has 0 aliphatic carbocycles. The molecule has 29 heavy (non-hydrogen) atoms. The Hall–Kier alpha value is -3.45. The molecule has 0 atom stereocenters. The molecule has 0 radical (unpaired) electrons. The van der Waals surface area contributed by atoms with Crippen molar-refractivity contribution in [3.8, 4) is 5.13 Å². The number of aryl methyl sites for hydroxylation is 2. The largest absolute Gasteiger partial charge is 0.293 e. The first-order chi connectivity index (χ1) is 14.1. The van der Waals surface area contributed by atoms with Gasteiger partial charge in [-0.15, -0.1) is 5.10 Å². The number of benzene rings is 2. The van der Waals surface area contributed by atoms with Gasteiger partial charge in [-0.2, -0.15) is 4.68 Å². The molecule has 0 spiro atoms. The van der Waals surface area contributed by atoms with Crippen molar-refractivity contribution in [2.75, 3.05) is 0 Å². The molecule has 6 nitrogen and oxygen atoms in total. The van der Waals surface area contributed by atoms with Crippen LogP contribution in [0.5, 0.6) is 0 Å². The predicted octanol–water partition coefficient (Wildman–Crippen LogP) is 4.08. The van der Waals surface area contributed by atoms with Crippen molar-refractivity contribution in [2.45, 2.75) is 19.8 Å². The first-order valence-corrected chi connectivity index (χ1v) is 10.0. The summed E-state index contributed by atoms with van der Waals surface area (Å²) in [4.78, 5) is 30.2. The second kappa shape index (κ2) is 8.28. The van der Waals surface area contributed by atoms with Gasteiger partial charge in [-0.3, -0.25) is 9.59 Å². The zero-order valence-electron chi connectivity index (χ0n) is 15.8. The molecule has 0 amide bonds. The van der Waals surface area contributed by atoms with E-state index in [9.17, 15) is 9.59 Å². The Kier molecular flexibility index (Phi) is 5.39. The molecule has 7 heteroatoms. The summed E-state index contributed by atoms with van der Waals surface area (Å²) in [6, 6.07) is 18.8. The van der Waals surface area contributed by atoms with Gasteiger partial charge < -0.3 is 0 Å². The third-order valence-electron chi connectivity index (χ3n) is 4.48. The van der Waals surface area contributed by atoms with Crippen LogP contribution < -0.4 is 0 Å². The number of rotatable bonds is 7. The maximum absolute atomic E-state index is 12.7. The van der Waals surface area contributed by atoms with E-state index in [2.05, 4.69) is 15.3 Å². The zero-order chi connectivity index (χ0) is 20.2. The fourth-order valence-corrected chi connectivity index (χ4v) is 3.91. The van der Waals surface area contributed by atoms with Crippen LogP contribution in [0.2, 0.25) is 0 Å². The fraction of sp³-hybridized carbons (Fsp3) is 0.136. The Bertz CT molecular complexity index is 1150. The van der Waals surface area contributed by atoms with E-state index in [1.54, 1.807) is 30.5 Å². The van der Waals surface area contributed by atoms with Crippen LogP contribution in [-0.2, 0) is 6.42 Å². The number of nitrogens with zero attached hydrogens (tertiary/aromatic N) is 4. The van der Waals surface area contributed by atoms with Crippen molar-refractivity contribution in [1.82, 2.24) is 20.0 Å². The van der Waals surface area contributed by atoms with E-state index in [4.69, 9.17) is 0 Å². The van der Waals surface area contributed by atoms with E-state index < -0.39 is 0 Å². The molecule has 144 valence electrons. The van der Waals surface area contributed by atoms with Crippen molar-refractivity contribution in [2.24, 2.45) is 0 Å². The summed E-state index contributed by atoms with van der Waals surface area (Å²) in [6.07, 6.45) is 2.65. The van der Waals surface area contributed by atoms with E-state index in [1.807, 2.05) is 43.3 Å². The summed E-state index contributed by atoms with van der Waals surface area (Å²) in [7, 11) is 0. The van der Waals surface area contributed by atoms with Gasteiger partial charge in [-0.25, -0.2) is 4.98 Å². The smallest absolute Gasteiger partial charge is 0.214 e. The molecule has 0 aliphatic heterocycles. The lowest BCUT2D eigenvalue weighted by atomic mass is 10.1. The van der Waals surface area contributed by atoms with Gasteiger partial charge in [0.25, 0.3) is 0 Å². The average molecular weight is 402 g/mol. The third kappa shape index (κ3) is 4.20. The van der Waals surface area contributed by atoms with Gasteiger partial charge in [-0.05, 0) is 18.9 Å². The molecule has 0 bridgehead atoms. The topological polar surface area (TPSA) is 77.7 Å². The van der Waals surface area contributed by atoms with Gasteiger partial charge >= 0.3 is 0 Å². The van der Waals surface area contributed by atoms with E-state index in [0.717, 1.165) is 5.56 Å². The third-order valence-corrected chi connectivity index (χ3v) is 5.67. The van der Waals surface area contributed by atoms with Crippen LogP contribution in [-0.4, -0.2) is 31.5 Å². The molecular formula is C22H18N4O2S. The minimum Gasteiger partial charge on any atom is -0.293 e. The number of aromatic nitrogens is 4. The standard InChI is InChI=1S/C22H18N4O2S/c1-15-21(19(27)13-12-16-8-4-2-5-9-16)29-22(23-15)26-14-18(24-25-26)20(28)17-10-6-3-7-11-17/h2-11,14H,12-13H2,1H3. The van der Waals surface area contributed by atoms with Crippen LogP contribution in [0.1, 0.15) is 43.4 Å². The molecule has 0 N–H and O–H groups in total. The first kappa shape index (κ1) is 18.9. The minimum absolute atomic E-state index is 0.0517. The number of ketones is 2. The lowest BCUT2D eigenvalue weighted by molar-refractivity contribution is 0.0984. The molecule has 4 rings (SSSR count). The van der Waals surface area contributed by atoms with E-state index in [-0.39, 0.29) is 17.3 Å². The summed E-state index contributed by atoms with van der Waals surface area (Å²) in [5, 5.41) is 8.52. The number of hydrogen-bond acceptors (Lipinski definition) is 6. The van der Waals surface area contributed by atoms with E-state index in [1.165, 1.54) is 16.0 Å². The fourth-order valence-electron chi connectivity index (χ4n) is 2.95. The minimum atomic E-state index is -0.204. The number of hydrogen-bond donors (Lipinski definition) is 0. The van der Waals surface area contributed by atoms with Crippen LogP contribution >= 0.6 is 11.3 Å². The quantitative estimate of drug-likeness (QED) is 0.435. The predicted molar refractivity (Wildman–Crippen MR) is 111 cm³/mol. The lowest BCUT2D eigenvalue weighted by Gasteiger charge is -2.00. The van der Waals surface area contributed by atoms with Crippen LogP contribution in [0.25, 0.3) is 5.13 Å². The second-order valence-electron chi connectivity index (χ2n) is 6.56. The van der Waals surface area contributed by atoms with Crippen LogP contribution in [0.15, 0.2) is 66.9 Å². The van der Waals surface area contributed by atoms with Crippen molar-refractivity contribution in [3.63, 3.8) is 0 Å². The van der Waals surface area contributed by atoms with Crippen molar-refractivity contribution in [3.05, 3.63) is 94.3 Å². The molecule has 2 aromatic carbocycles. The number of carbonyl (C=O) groups is 2. The summed E-state index contributed by atoms with van der Waals surface area (Å²) in [6.45, 7) is 1.81. The molecule has 2 heterocycles.